The summed E-state index contributed by atoms with van der Waals surface area (Å²) >= 11 is 1.18. The maximum Gasteiger partial charge on any atom is 0.316 e. The summed E-state index contributed by atoms with van der Waals surface area (Å²) in [5.74, 6) is 0. The van der Waals surface area contributed by atoms with E-state index in [1.165, 1.54) is 22.9 Å². The number of rotatable bonds is 2. The molecule has 9 heteroatoms. The highest BCUT2D eigenvalue weighted by atomic mass is 35.7. The van der Waals surface area contributed by atoms with Crippen molar-refractivity contribution in [3.8, 4) is 0 Å². The molecule has 16 heavy (non-hydrogen) atoms. The number of hydrogen-bond donors (Lipinski definition) is 0. The predicted octanol–water partition coefficient (Wildman–Crippen LogP) is 2.13. The number of nitro benzene ring substituents is 1. The van der Waals surface area contributed by atoms with Gasteiger partial charge in [0.15, 0.2) is 10.4 Å². The van der Waals surface area contributed by atoms with Crippen molar-refractivity contribution < 1.29 is 13.3 Å². The van der Waals surface area contributed by atoms with Crippen molar-refractivity contribution in [3.63, 3.8) is 0 Å². The Hall–Kier alpha value is -1.25. The quantitative estimate of drug-likeness (QED) is 0.477. The molecule has 0 unspecified atom stereocenters. The van der Waals surface area contributed by atoms with Crippen molar-refractivity contribution in [3.05, 3.63) is 27.8 Å². The van der Waals surface area contributed by atoms with Crippen LogP contribution in [-0.2, 0) is 9.05 Å². The summed E-state index contributed by atoms with van der Waals surface area (Å²) in [6, 6.07) is 2.55. The lowest BCUT2D eigenvalue weighted by molar-refractivity contribution is -0.386. The molecule has 1 aromatic carbocycles. The van der Waals surface area contributed by atoms with Crippen LogP contribution in [-0.4, -0.2) is 18.3 Å². The summed E-state index contributed by atoms with van der Waals surface area (Å²) in [6.07, 6.45) is 0. The van der Waals surface area contributed by atoms with Crippen LogP contribution >= 0.6 is 22.0 Å². The van der Waals surface area contributed by atoms with Crippen LogP contribution < -0.4 is 0 Å². The Morgan fingerprint density at radius 1 is 1.44 bits per heavy atom. The first-order valence-corrected chi connectivity index (χ1v) is 7.05. The molecular formula is C7H3ClN2O4S2. The van der Waals surface area contributed by atoms with E-state index in [2.05, 4.69) is 4.98 Å². The van der Waals surface area contributed by atoms with Crippen LogP contribution in [0.3, 0.4) is 0 Å². The van der Waals surface area contributed by atoms with Gasteiger partial charge in [-0.3, -0.25) is 10.1 Å². The minimum Gasteiger partial charge on any atom is -0.258 e. The minimum atomic E-state index is -4.15. The zero-order chi connectivity index (χ0) is 11.9. The molecule has 84 valence electrons. The van der Waals surface area contributed by atoms with Crippen molar-refractivity contribution in [2.75, 3.05) is 0 Å². The Morgan fingerprint density at radius 2 is 2.12 bits per heavy atom. The van der Waals surface area contributed by atoms with Crippen LogP contribution in [0.1, 0.15) is 0 Å². The van der Waals surface area contributed by atoms with Gasteiger partial charge in [-0.05, 0) is 12.1 Å². The van der Waals surface area contributed by atoms with Crippen LogP contribution in [0.25, 0.3) is 10.2 Å². The summed E-state index contributed by atoms with van der Waals surface area (Å²) in [4.78, 5) is 13.3. The highest BCUT2D eigenvalue weighted by Gasteiger charge is 2.28. The van der Waals surface area contributed by atoms with Gasteiger partial charge in [-0.25, -0.2) is 13.4 Å². The Kier molecular flexibility index (Phi) is 2.56. The molecule has 0 amide bonds. The summed E-state index contributed by atoms with van der Waals surface area (Å²) in [5.41, 5.74) is 0.868. The Morgan fingerprint density at radius 3 is 2.69 bits per heavy atom. The molecule has 0 bridgehead atoms. The monoisotopic (exact) mass is 278 g/mol. The van der Waals surface area contributed by atoms with E-state index in [0.717, 1.165) is 6.07 Å². The Labute approximate surface area is 98.1 Å². The topological polar surface area (TPSA) is 90.2 Å². The van der Waals surface area contributed by atoms with Crippen LogP contribution in [0.4, 0.5) is 5.69 Å². The van der Waals surface area contributed by atoms with Gasteiger partial charge in [0, 0.05) is 10.7 Å². The first-order valence-electron chi connectivity index (χ1n) is 3.86. The molecule has 6 nitrogen and oxygen atoms in total. The number of thiazole rings is 1. The second kappa shape index (κ2) is 3.65. The number of nitro groups is 1. The lowest BCUT2D eigenvalue weighted by atomic mass is 10.3. The number of fused-ring (bicyclic) bond motifs is 1. The molecule has 0 aliphatic heterocycles. The first kappa shape index (κ1) is 11.2. The standard InChI is InChI=1S/C7H3ClN2O4S2/c8-16(13,14)5-2-1-4-6(9-3-15-4)7(5)10(11)12/h1-3H. The summed E-state index contributed by atoms with van der Waals surface area (Å²) in [6.45, 7) is 0. The smallest absolute Gasteiger partial charge is 0.258 e. The van der Waals surface area contributed by atoms with Crippen molar-refractivity contribution >= 4 is 47.0 Å². The first-order chi connectivity index (χ1) is 7.41. The molecule has 0 atom stereocenters. The van der Waals surface area contributed by atoms with Gasteiger partial charge in [0.2, 0.25) is 0 Å². The fraction of sp³-hybridized carbons (Fsp3) is 0. The van der Waals surface area contributed by atoms with Gasteiger partial charge in [0.1, 0.15) is 0 Å². The molecule has 0 saturated carbocycles. The fourth-order valence-corrected chi connectivity index (χ4v) is 2.96. The SMILES string of the molecule is O=[N+]([O-])c1c(S(=O)(=O)Cl)ccc2scnc12. The number of hydrogen-bond acceptors (Lipinski definition) is 6. The van der Waals surface area contributed by atoms with Gasteiger partial charge < -0.3 is 0 Å². The van der Waals surface area contributed by atoms with Crippen LogP contribution in [0.5, 0.6) is 0 Å². The normalized spacial score (nSPS) is 11.8. The molecule has 2 aromatic rings. The summed E-state index contributed by atoms with van der Waals surface area (Å²) in [7, 11) is 0.966. The highest BCUT2D eigenvalue weighted by molar-refractivity contribution is 8.13. The second-order valence-electron chi connectivity index (χ2n) is 2.81. The van der Waals surface area contributed by atoms with Crippen molar-refractivity contribution in [1.82, 2.24) is 4.98 Å². The highest BCUT2D eigenvalue weighted by Crippen LogP contribution is 2.34. The second-order valence-corrected chi connectivity index (χ2v) is 6.23. The fourth-order valence-electron chi connectivity index (χ4n) is 1.27. The van der Waals surface area contributed by atoms with Gasteiger partial charge in [-0.1, -0.05) is 0 Å². The maximum absolute atomic E-state index is 11.2. The average Bonchev–Trinajstić information content (AvgIpc) is 2.61. The largest absolute Gasteiger partial charge is 0.316 e. The molecule has 0 aliphatic carbocycles. The molecule has 0 radical (unpaired) electrons. The zero-order valence-corrected chi connectivity index (χ0v) is 9.84. The average molecular weight is 279 g/mol. The molecule has 0 saturated heterocycles. The molecule has 2 rings (SSSR count). The third kappa shape index (κ3) is 1.75. The van der Waals surface area contributed by atoms with Crippen LogP contribution in [0, 0.1) is 10.1 Å². The molecule has 0 fully saturated rings. The zero-order valence-electron chi connectivity index (χ0n) is 7.45. The maximum atomic E-state index is 11.2. The van der Waals surface area contributed by atoms with E-state index >= 15 is 0 Å². The lowest BCUT2D eigenvalue weighted by Gasteiger charge is -1.98. The van der Waals surface area contributed by atoms with Crippen molar-refractivity contribution in [1.29, 1.82) is 0 Å². The van der Waals surface area contributed by atoms with Gasteiger partial charge in [0.05, 0.1) is 15.1 Å². The summed E-state index contributed by atoms with van der Waals surface area (Å²) in [5, 5.41) is 10.8. The molecule has 0 spiro atoms. The third-order valence-electron chi connectivity index (χ3n) is 1.88. The Balaban J connectivity index is 2.95. The van der Waals surface area contributed by atoms with Gasteiger partial charge in [0.25, 0.3) is 9.05 Å². The van der Waals surface area contributed by atoms with Crippen LogP contribution in [0.2, 0.25) is 0 Å². The molecule has 1 heterocycles. The summed E-state index contributed by atoms with van der Waals surface area (Å²) < 4.78 is 22.9. The number of benzene rings is 1. The third-order valence-corrected chi connectivity index (χ3v) is 4.03. The molecule has 1 aromatic heterocycles. The van der Waals surface area contributed by atoms with Gasteiger partial charge in [-0.15, -0.1) is 11.3 Å². The van der Waals surface area contributed by atoms with Crippen molar-refractivity contribution in [2.24, 2.45) is 0 Å². The van der Waals surface area contributed by atoms with E-state index in [1.807, 2.05) is 0 Å². The van der Waals surface area contributed by atoms with E-state index in [4.69, 9.17) is 10.7 Å². The predicted molar refractivity (Wildman–Crippen MR) is 59.3 cm³/mol. The number of nitrogens with zero attached hydrogens (tertiary/aromatic N) is 2. The van der Waals surface area contributed by atoms with Gasteiger partial charge >= 0.3 is 5.69 Å². The van der Waals surface area contributed by atoms with E-state index in [0.29, 0.717) is 4.70 Å². The van der Waals surface area contributed by atoms with E-state index in [9.17, 15) is 18.5 Å². The van der Waals surface area contributed by atoms with Crippen molar-refractivity contribution in [2.45, 2.75) is 4.90 Å². The molecule has 0 aliphatic rings. The Bertz CT molecular complexity index is 679. The minimum absolute atomic E-state index is 0.0386. The van der Waals surface area contributed by atoms with Gasteiger partial charge in [-0.2, -0.15) is 0 Å². The lowest BCUT2D eigenvalue weighted by Crippen LogP contribution is -1.99. The molecular weight excluding hydrogens is 276 g/mol. The van der Waals surface area contributed by atoms with Crippen LogP contribution in [0.15, 0.2) is 22.5 Å². The van der Waals surface area contributed by atoms with E-state index in [1.54, 1.807) is 0 Å². The number of halogens is 1. The van der Waals surface area contributed by atoms with E-state index < -0.39 is 24.6 Å². The molecule has 0 N–H and O–H groups in total. The number of aromatic nitrogens is 1. The van der Waals surface area contributed by atoms with E-state index in [-0.39, 0.29) is 5.52 Å².